The smallest absolute Gasteiger partial charge is 0.0632 e. The van der Waals surface area contributed by atoms with Gasteiger partial charge in [0, 0.05) is 12.2 Å². The molecule has 1 heterocycles. The molecule has 1 aromatic heterocycles. The summed E-state index contributed by atoms with van der Waals surface area (Å²) in [6, 6.07) is 0.872. The monoisotopic (exact) mass is 243 g/mol. The zero-order valence-corrected chi connectivity index (χ0v) is 9.07. The first kappa shape index (κ1) is 9.21. The summed E-state index contributed by atoms with van der Waals surface area (Å²) >= 11 is 3.40. The average Bonchev–Trinajstić information content (AvgIpc) is 2.52. The summed E-state index contributed by atoms with van der Waals surface area (Å²) in [6.45, 7) is 0. The highest BCUT2D eigenvalue weighted by molar-refractivity contribution is 9.10. The molecule has 1 aromatic rings. The third-order valence-electron chi connectivity index (χ3n) is 2.63. The van der Waals surface area contributed by atoms with Crippen LogP contribution in [0.3, 0.4) is 0 Å². The fraction of sp³-hybridized carbons (Fsp3) is 0.667. The molecule has 0 radical (unpaired) electrons. The van der Waals surface area contributed by atoms with Crippen molar-refractivity contribution in [2.24, 2.45) is 5.73 Å². The van der Waals surface area contributed by atoms with Gasteiger partial charge in [-0.05, 0) is 41.6 Å². The number of nitrogens with zero attached hydrogens (tertiary/aromatic N) is 2. The van der Waals surface area contributed by atoms with E-state index in [0.29, 0.717) is 12.1 Å². The molecular weight excluding hydrogens is 230 g/mol. The zero-order valence-electron chi connectivity index (χ0n) is 7.49. The first-order chi connectivity index (χ1) is 6.25. The molecule has 0 amide bonds. The van der Waals surface area contributed by atoms with E-state index in [2.05, 4.69) is 21.0 Å². The molecule has 72 valence electrons. The van der Waals surface area contributed by atoms with E-state index >= 15 is 0 Å². The second-order valence-electron chi connectivity index (χ2n) is 3.72. The summed E-state index contributed by atoms with van der Waals surface area (Å²) < 4.78 is 3.08. The fourth-order valence-corrected chi connectivity index (χ4v) is 2.26. The molecule has 2 N–H and O–H groups in total. The molecule has 13 heavy (non-hydrogen) atoms. The second-order valence-corrected chi connectivity index (χ2v) is 4.63. The Bertz CT molecular complexity index is 284. The van der Waals surface area contributed by atoms with Crippen LogP contribution < -0.4 is 5.73 Å². The van der Waals surface area contributed by atoms with Crippen LogP contribution in [0.25, 0.3) is 0 Å². The van der Waals surface area contributed by atoms with E-state index in [4.69, 9.17) is 5.73 Å². The predicted molar refractivity (Wildman–Crippen MR) is 55.4 cm³/mol. The largest absolute Gasteiger partial charge is 0.328 e. The van der Waals surface area contributed by atoms with E-state index in [1.54, 1.807) is 0 Å². The minimum absolute atomic E-state index is 0.363. The van der Waals surface area contributed by atoms with Crippen LogP contribution in [0.15, 0.2) is 16.9 Å². The summed E-state index contributed by atoms with van der Waals surface area (Å²) in [6.07, 6.45) is 8.53. The van der Waals surface area contributed by atoms with E-state index in [1.165, 1.54) is 19.3 Å². The van der Waals surface area contributed by atoms with Crippen LogP contribution in [-0.4, -0.2) is 15.8 Å². The zero-order chi connectivity index (χ0) is 9.26. The van der Waals surface area contributed by atoms with E-state index in [9.17, 15) is 0 Å². The van der Waals surface area contributed by atoms with Crippen molar-refractivity contribution in [1.29, 1.82) is 0 Å². The summed E-state index contributed by atoms with van der Waals surface area (Å²) in [5, 5.41) is 4.29. The highest BCUT2D eigenvalue weighted by Crippen LogP contribution is 2.27. The quantitative estimate of drug-likeness (QED) is 0.821. The standard InChI is InChI=1S/C9H14BrN3/c10-7-5-12-13(6-7)9-3-1-2-8(11)4-9/h5-6,8-9H,1-4,11H2/t8-,9?/m1/s1. The molecule has 3 nitrogen and oxygen atoms in total. The Morgan fingerprint density at radius 1 is 1.54 bits per heavy atom. The third-order valence-corrected chi connectivity index (χ3v) is 3.04. The molecule has 0 aliphatic heterocycles. The SMILES string of the molecule is N[C@@H]1CCCC(n2cc(Br)cn2)C1. The number of hydrogen-bond acceptors (Lipinski definition) is 2. The summed E-state index contributed by atoms with van der Waals surface area (Å²) in [4.78, 5) is 0. The van der Waals surface area contributed by atoms with Crippen LogP contribution in [0, 0.1) is 0 Å². The van der Waals surface area contributed by atoms with Gasteiger partial charge in [-0.2, -0.15) is 5.10 Å². The molecule has 1 aliphatic rings. The van der Waals surface area contributed by atoms with Crippen LogP contribution in [0.4, 0.5) is 0 Å². The lowest BCUT2D eigenvalue weighted by atomic mass is 9.92. The van der Waals surface area contributed by atoms with E-state index < -0.39 is 0 Å². The van der Waals surface area contributed by atoms with Gasteiger partial charge in [0.1, 0.15) is 0 Å². The van der Waals surface area contributed by atoms with Crippen molar-refractivity contribution in [2.45, 2.75) is 37.8 Å². The molecule has 2 rings (SSSR count). The Hall–Kier alpha value is -0.350. The Morgan fingerprint density at radius 3 is 3.00 bits per heavy atom. The Balaban J connectivity index is 2.08. The maximum absolute atomic E-state index is 5.92. The van der Waals surface area contributed by atoms with Crippen LogP contribution in [0.5, 0.6) is 0 Å². The maximum Gasteiger partial charge on any atom is 0.0632 e. The minimum atomic E-state index is 0.363. The van der Waals surface area contributed by atoms with Gasteiger partial charge in [-0.1, -0.05) is 0 Å². The molecule has 1 saturated carbocycles. The van der Waals surface area contributed by atoms with Crippen LogP contribution >= 0.6 is 15.9 Å². The molecule has 0 saturated heterocycles. The number of halogens is 1. The molecule has 0 spiro atoms. The van der Waals surface area contributed by atoms with Crippen LogP contribution in [-0.2, 0) is 0 Å². The van der Waals surface area contributed by atoms with Gasteiger partial charge in [-0.3, -0.25) is 4.68 Å². The van der Waals surface area contributed by atoms with Crippen molar-refractivity contribution >= 4 is 15.9 Å². The van der Waals surface area contributed by atoms with E-state index in [0.717, 1.165) is 10.9 Å². The van der Waals surface area contributed by atoms with E-state index in [-0.39, 0.29) is 0 Å². The van der Waals surface area contributed by atoms with Gasteiger partial charge in [0.2, 0.25) is 0 Å². The number of hydrogen-bond donors (Lipinski definition) is 1. The van der Waals surface area contributed by atoms with Crippen molar-refractivity contribution < 1.29 is 0 Å². The third kappa shape index (κ3) is 2.11. The average molecular weight is 244 g/mol. The fourth-order valence-electron chi connectivity index (χ4n) is 1.96. The summed E-state index contributed by atoms with van der Waals surface area (Å²) in [5.74, 6) is 0. The lowest BCUT2D eigenvalue weighted by Crippen LogP contribution is -2.29. The van der Waals surface area contributed by atoms with Gasteiger partial charge < -0.3 is 5.73 Å². The Morgan fingerprint density at radius 2 is 2.38 bits per heavy atom. The minimum Gasteiger partial charge on any atom is -0.328 e. The molecule has 4 heteroatoms. The number of aromatic nitrogens is 2. The van der Waals surface area contributed by atoms with Crippen molar-refractivity contribution in [2.75, 3.05) is 0 Å². The van der Waals surface area contributed by atoms with Gasteiger partial charge in [0.05, 0.1) is 16.7 Å². The highest BCUT2D eigenvalue weighted by Gasteiger charge is 2.20. The van der Waals surface area contributed by atoms with Crippen LogP contribution in [0.2, 0.25) is 0 Å². The molecule has 1 aliphatic carbocycles. The summed E-state index contributed by atoms with van der Waals surface area (Å²) in [7, 11) is 0. The number of nitrogens with two attached hydrogens (primary N) is 1. The normalized spacial score (nSPS) is 29.1. The summed E-state index contributed by atoms with van der Waals surface area (Å²) in [5.41, 5.74) is 5.92. The second kappa shape index (κ2) is 3.80. The predicted octanol–water partition coefficient (Wildman–Crippen LogP) is 2.09. The molecule has 0 aromatic carbocycles. The first-order valence-corrected chi connectivity index (χ1v) is 5.50. The van der Waals surface area contributed by atoms with Gasteiger partial charge in [0.25, 0.3) is 0 Å². The van der Waals surface area contributed by atoms with Crippen molar-refractivity contribution in [3.05, 3.63) is 16.9 Å². The Labute approximate surface area is 86.4 Å². The molecular formula is C9H14BrN3. The highest BCUT2D eigenvalue weighted by atomic mass is 79.9. The first-order valence-electron chi connectivity index (χ1n) is 4.71. The molecule has 2 atom stereocenters. The van der Waals surface area contributed by atoms with Gasteiger partial charge >= 0.3 is 0 Å². The Kier molecular flexibility index (Phi) is 2.69. The van der Waals surface area contributed by atoms with E-state index in [1.807, 2.05) is 17.1 Å². The lowest BCUT2D eigenvalue weighted by molar-refractivity contribution is 0.300. The van der Waals surface area contributed by atoms with Gasteiger partial charge in [-0.25, -0.2) is 0 Å². The number of rotatable bonds is 1. The van der Waals surface area contributed by atoms with Crippen molar-refractivity contribution in [3.8, 4) is 0 Å². The topological polar surface area (TPSA) is 43.8 Å². The molecule has 1 unspecified atom stereocenters. The van der Waals surface area contributed by atoms with Gasteiger partial charge in [0.15, 0.2) is 0 Å². The van der Waals surface area contributed by atoms with Crippen molar-refractivity contribution in [1.82, 2.24) is 9.78 Å². The van der Waals surface area contributed by atoms with Crippen molar-refractivity contribution in [3.63, 3.8) is 0 Å². The maximum atomic E-state index is 5.92. The van der Waals surface area contributed by atoms with Crippen LogP contribution in [0.1, 0.15) is 31.7 Å². The molecule has 0 bridgehead atoms. The molecule has 1 fully saturated rings. The lowest BCUT2D eigenvalue weighted by Gasteiger charge is -2.26. The van der Waals surface area contributed by atoms with Gasteiger partial charge in [-0.15, -0.1) is 0 Å².